The molecular formula is C38H44F5N7O9. The van der Waals surface area contributed by atoms with Gasteiger partial charge in [-0.05, 0) is 88.4 Å². The largest absolute Gasteiger partial charge is 0.573 e. The summed E-state index contributed by atoms with van der Waals surface area (Å²) in [5.41, 5.74) is -0.149. The van der Waals surface area contributed by atoms with E-state index in [4.69, 9.17) is 4.74 Å². The number of anilines is 1. The summed E-state index contributed by atoms with van der Waals surface area (Å²) in [6, 6.07) is -2.58. The molecule has 4 N–H and O–H groups in total. The van der Waals surface area contributed by atoms with Crippen LogP contribution in [0.2, 0.25) is 0 Å². The second-order valence-corrected chi connectivity index (χ2v) is 14.6. The first-order valence-electron chi connectivity index (χ1n) is 18.8. The van der Waals surface area contributed by atoms with Gasteiger partial charge in [0, 0.05) is 38.3 Å². The van der Waals surface area contributed by atoms with Crippen molar-refractivity contribution < 1.29 is 65.0 Å². The van der Waals surface area contributed by atoms with Crippen molar-refractivity contribution in [2.75, 3.05) is 25.5 Å². The van der Waals surface area contributed by atoms with Gasteiger partial charge in [-0.25, -0.2) is 18.4 Å². The summed E-state index contributed by atoms with van der Waals surface area (Å²) >= 11 is 0. The third kappa shape index (κ3) is 10.9. The number of hydrogen-bond acceptors (Lipinski definition) is 9. The molecule has 0 bridgehead atoms. The maximum absolute atomic E-state index is 14.5. The molecule has 3 aliphatic heterocycles. The molecule has 3 heterocycles. The summed E-state index contributed by atoms with van der Waals surface area (Å²) in [4.78, 5) is 99.6. The highest BCUT2D eigenvalue weighted by molar-refractivity contribution is 5.98. The topological polar surface area (TPSA) is 196 Å². The van der Waals surface area contributed by atoms with Crippen molar-refractivity contribution in [1.82, 2.24) is 30.7 Å². The second kappa shape index (κ2) is 18.3. The van der Waals surface area contributed by atoms with Gasteiger partial charge in [-0.15, -0.1) is 13.2 Å². The van der Waals surface area contributed by atoms with Crippen molar-refractivity contribution in [3.8, 4) is 5.75 Å². The van der Waals surface area contributed by atoms with Gasteiger partial charge in [0.1, 0.15) is 59.7 Å². The molecule has 7 amide bonds. The fraction of sp³-hybridized carbons (Fsp3) is 0.500. The van der Waals surface area contributed by atoms with E-state index in [1.807, 2.05) is 0 Å². The highest BCUT2D eigenvalue weighted by Crippen LogP contribution is 2.26. The van der Waals surface area contributed by atoms with E-state index in [1.54, 1.807) is 0 Å². The average Bonchev–Trinajstić information content (AvgIpc) is 3.86. The summed E-state index contributed by atoms with van der Waals surface area (Å²) in [7, 11) is 1.37. The number of esters is 1. The van der Waals surface area contributed by atoms with Crippen molar-refractivity contribution in [2.24, 2.45) is 0 Å². The number of rotatable bonds is 7. The van der Waals surface area contributed by atoms with E-state index in [-0.39, 0.29) is 37.2 Å². The van der Waals surface area contributed by atoms with Crippen LogP contribution in [0.4, 0.5) is 32.4 Å². The number of nitrogens with zero attached hydrogens (tertiary/aromatic N) is 3. The van der Waals surface area contributed by atoms with Crippen LogP contribution in [-0.2, 0) is 39.9 Å². The van der Waals surface area contributed by atoms with Crippen LogP contribution in [0.15, 0.2) is 42.5 Å². The van der Waals surface area contributed by atoms with Crippen molar-refractivity contribution in [2.45, 2.75) is 102 Å². The Balaban J connectivity index is 1.46. The molecule has 59 heavy (non-hydrogen) atoms. The molecule has 5 rings (SSSR count). The molecule has 0 aliphatic carbocycles. The quantitative estimate of drug-likeness (QED) is 0.239. The first-order chi connectivity index (χ1) is 27.7. The molecule has 320 valence electrons. The maximum Gasteiger partial charge on any atom is 0.573 e. The number of benzene rings is 2. The molecule has 3 fully saturated rings. The predicted octanol–water partition coefficient (Wildman–Crippen LogP) is 2.36. The molecular weight excluding hydrogens is 793 g/mol. The number of likely N-dealkylation sites (N-methyl/N-ethyl adjacent to an activating group) is 1. The first-order valence-corrected chi connectivity index (χ1v) is 18.8. The molecule has 0 aromatic heterocycles. The lowest BCUT2D eigenvalue weighted by Crippen LogP contribution is -2.62. The van der Waals surface area contributed by atoms with Crippen LogP contribution in [0.3, 0.4) is 0 Å². The average molecular weight is 838 g/mol. The number of urea groups is 1. The number of cyclic esters (lactones) is 1. The van der Waals surface area contributed by atoms with Crippen LogP contribution in [-0.4, -0.2) is 125 Å². The standard InChI is InChI=1S/C38H44F5N7O9/c1-19-33(53)50-14-6-8-29(50)36(56)58-21(3)30(35(55)49-13-5-7-28(49)34(54)48(4)20(2)31(51)44-19)47-32(52)27(17-22-15-23(39)18-24(40)16-22)46-37(57)45-25-9-11-26(12-10-25)59-38(41,42)43/h9-12,15-16,18-21,27-30H,5-8,13-14,17H2,1-4H3,(H,44,51)(H,47,52)(H2,45,46,57)/t19-,20-,21-,27-,28?,29?,30-/m0/s1. The Morgan fingerprint density at radius 1 is 0.881 bits per heavy atom. The Morgan fingerprint density at radius 2 is 1.47 bits per heavy atom. The molecule has 2 aromatic rings. The second-order valence-electron chi connectivity index (χ2n) is 14.6. The highest BCUT2D eigenvalue weighted by atomic mass is 19.4. The minimum atomic E-state index is -4.97. The Hall–Kier alpha value is -6.02. The summed E-state index contributed by atoms with van der Waals surface area (Å²) in [6.45, 7) is 4.37. The van der Waals surface area contributed by atoms with Crippen LogP contribution in [0, 0.1) is 11.6 Å². The zero-order valence-corrected chi connectivity index (χ0v) is 32.4. The van der Waals surface area contributed by atoms with Gasteiger partial charge in [0.25, 0.3) is 0 Å². The summed E-state index contributed by atoms with van der Waals surface area (Å²) in [6.07, 6.45) is -5.89. The lowest BCUT2D eigenvalue weighted by molar-refractivity contribution is -0.274. The normalized spacial score (nSPS) is 25.1. The van der Waals surface area contributed by atoms with Crippen LogP contribution < -0.4 is 26.0 Å². The number of amides is 7. The van der Waals surface area contributed by atoms with Gasteiger partial charge in [-0.3, -0.25) is 24.0 Å². The smallest absolute Gasteiger partial charge is 0.458 e. The molecule has 21 heteroatoms. The van der Waals surface area contributed by atoms with E-state index in [0.717, 1.165) is 41.3 Å². The Morgan fingerprint density at radius 3 is 2.08 bits per heavy atom. The van der Waals surface area contributed by atoms with Crippen LogP contribution in [0.1, 0.15) is 52.0 Å². The van der Waals surface area contributed by atoms with Gasteiger partial charge in [0.05, 0.1) is 0 Å². The summed E-state index contributed by atoms with van der Waals surface area (Å²) in [5, 5.41) is 9.76. The highest BCUT2D eigenvalue weighted by Gasteiger charge is 2.45. The molecule has 0 spiro atoms. The molecule has 3 saturated heterocycles. The number of hydrogen-bond donors (Lipinski definition) is 4. The fourth-order valence-corrected chi connectivity index (χ4v) is 7.19. The molecule has 0 radical (unpaired) electrons. The molecule has 0 saturated carbocycles. The van der Waals surface area contributed by atoms with Gasteiger partial charge in [-0.2, -0.15) is 0 Å². The number of carbonyl (C=O) groups excluding carboxylic acids is 7. The van der Waals surface area contributed by atoms with Gasteiger partial charge >= 0.3 is 18.4 Å². The lowest BCUT2D eigenvalue weighted by Gasteiger charge is -2.36. The van der Waals surface area contributed by atoms with E-state index in [2.05, 4.69) is 26.0 Å². The van der Waals surface area contributed by atoms with E-state index >= 15 is 0 Å². The zero-order chi connectivity index (χ0) is 43.3. The third-order valence-electron chi connectivity index (χ3n) is 10.3. The number of halogens is 5. The van der Waals surface area contributed by atoms with Crippen molar-refractivity contribution in [1.29, 1.82) is 0 Å². The minimum absolute atomic E-state index is 0.0259. The third-order valence-corrected chi connectivity index (χ3v) is 10.3. The van der Waals surface area contributed by atoms with Gasteiger partial charge in [0.2, 0.25) is 29.5 Å². The van der Waals surface area contributed by atoms with Gasteiger partial charge in [0.15, 0.2) is 0 Å². The van der Waals surface area contributed by atoms with Crippen LogP contribution in [0.5, 0.6) is 5.75 Å². The summed E-state index contributed by atoms with van der Waals surface area (Å²) in [5.74, 6) is -7.37. The summed E-state index contributed by atoms with van der Waals surface area (Å²) < 4.78 is 76.0. The first kappa shape index (κ1) is 44.1. The number of nitrogens with one attached hydrogen (secondary N) is 4. The number of alkyl halides is 3. The van der Waals surface area contributed by atoms with Crippen molar-refractivity contribution in [3.63, 3.8) is 0 Å². The zero-order valence-electron chi connectivity index (χ0n) is 32.4. The predicted molar refractivity (Wildman–Crippen MR) is 196 cm³/mol. The van der Waals surface area contributed by atoms with E-state index in [1.165, 1.54) is 37.6 Å². The molecule has 2 unspecified atom stereocenters. The van der Waals surface area contributed by atoms with Crippen LogP contribution >= 0.6 is 0 Å². The van der Waals surface area contributed by atoms with E-state index in [0.29, 0.717) is 18.9 Å². The SMILES string of the molecule is C[C@@H]1NC(=O)[C@H](C)N(C)C(=O)C2CCCN2C(=O)[C@@H](NC(=O)[C@H](Cc2cc(F)cc(F)c2)NC(=O)Nc2ccc(OC(F)(F)F)cc2)[C@H](C)OC(=O)C2CCCN2C1=O. The van der Waals surface area contributed by atoms with Gasteiger partial charge < -0.3 is 45.4 Å². The monoisotopic (exact) mass is 837 g/mol. The van der Waals surface area contributed by atoms with Gasteiger partial charge in [-0.1, -0.05) is 0 Å². The fourth-order valence-electron chi connectivity index (χ4n) is 7.19. The number of ether oxygens (including phenoxy) is 2. The molecule has 2 aromatic carbocycles. The Labute approximate surface area is 335 Å². The Bertz CT molecular complexity index is 1930. The van der Waals surface area contributed by atoms with Crippen molar-refractivity contribution >= 4 is 47.2 Å². The number of fused-ring (bicyclic) bond motifs is 2. The maximum atomic E-state index is 14.5. The number of carbonyl (C=O) groups is 7. The Kier molecular flexibility index (Phi) is 13.7. The molecule has 3 aliphatic rings. The van der Waals surface area contributed by atoms with Crippen molar-refractivity contribution in [3.05, 3.63) is 59.7 Å². The minimum Gasteiger partial charge on any atom is -0.458 e. The van der Waals surface area contributed by atoms with E-state index in [9.17, 15) is 55.5 Å². The lowest BCUT2D eigenvalue weighted by atomic mass is 10.0. The van der Waals surface area contributed by atoms with E-state index < -0.39 is 114 Å². The molecule has 7 atom stereocenters. The van der Waals surface area contributed by atoms with Crippen LogP contribution in [0.25, 0.3) is 0 Å². The molecule has 16 nitrogen and oxygen atoms in total.